The van der Waals surface area contributed by atoms with Gasteiger partial charge in [-0.25, -0.2) is 13.2 Å². The molecule has 0 aliphatic heterocycles. The molecular formula is C12H13F3O. The maximum absolute atomic E-state index is 13.4. The van der Waals surface area contributed by atoms with Gasteiger partial charge in [0.1, 0.15) is 0 Å². The molecule has 0 radical (unpaired) electrons. The van der Waals surface area contributed by atoms with Crippen LogP contribution in [-0.4, -0.2) is 5.11 Å². The summed E-state index contributed by atoms with van der Waals surface area (Å²) in [5, 5.41) is 9.89. The molecule has 0 saturated heterocycles. The Labute approximate surface area is 91.9 Å². The van der Waals surface area contributed by atoms with Crippen LogP contribution in [0, 0.1) is 23.4 Å². The van der Waals surface area contributed by atoms with Crippen molar-refractivity contribution in [3.05, 3.63) is 35.1 Å². The average molecular weight is 230 g/mol. The van der Waals surface area contributed by atoms with Crippen LogP contribution in [-0.2, 0) is 0 Å². The third kappa shape index (κ3) is 1.94. The van der Waals surface area contributed by atoms with Crippen LogP contribution in [0.5, 0.6) is 0 Å². The second-order valence-electron chi connectivity index (χ2n) is 4.25. The monoisotopic (exact) mass is 230 g/mol. The maximum Gasteiger partial charge on any atom is 0.194 e. The van der Waals surface area contributed by atoms with Crippen LogP contribution in [0.25, 0.3) is 0 Å². The van der Waals surface area contributed by atoms with Crippen molar-refractivity contribution in [1.29, 1.82) is 0 Å². The van der Waals surface area contributed by atoms with Crippen molar-refractivity contribution >= 4 is 0 Å². The van der Waals surface area contributed by atoms with Crippen LogP contribution in [0.4, 0.5) is 13.2 Å². The highest BCUT2D eigenvalue weighted by Gasteiger charge is 2.28. The van der Waals surface area contributed by atoms with E-state index in [0.29, 0.717) is 0 Å². The first-order valence-corrected chi connectivity index (χ1v) is 5.42. The van der Waals surface area contributed by atoms with Crippen LogP contribution in [0.3, 0.4) is 0 Å². The van der Waals surface area contributed by atoms with E-state index in [9.17, 15) is 18.3 Å². The minimum absolute atomic E-state index is 0.0423. The molecular weight excluding hydrogens is 217 g/mol. The van der Waals surface area contributed by atoms with E-state index in [2.05, 4.69) is 0 Å². The van der Waals surface area contributed by atoms with E-state index < -0.39 is 23.6 Å². The lowest BCUT2D eigenvalue weighted by atomic mass is 9.94. The van der Waals surface area contributed by atoms with E-state index in [1.54, 1.807) is 0 Å². The molecule has 1 aromatic rings. The lowest BCUT2D eigenvalue weighted by molar-refractivity contribution is 0.106. The van der Waals surface area contributed by atoms with Gasteiger partial charge >= 0.3 is 0 Å². The first kappa shape index (κ1) is 11.5. The van der Waals surface area contributed by atoms with Gasteiger partial charge in [0.05, 0.1) is 6.10 Å². The second-order valence-corrected chi connectivity index (χ2v) is 4.25. The number of hydrogen-bond donors (Lipinski definition) is 1. The summed E-state index contributed by atoms with van der Waals surface area (Å²) >= 11 is 0. The Kier molecular flexibility index (Phi) is 3.19. The molecule has 1 N–H and O–H groups in total. The van der Waals surface area contributed by atoms with Crippen molar-refractivity contribution in [2.45, 2.75) is 31.8 Å². The number of benzene rings is 1. The number of halogens is 3. The molecule has 1 aliphatic carbocycles. The summed E-state index contributed by atoms with van der Waals surface area (Å²) in [7, 11) is 0. The number of aliphatic hydroxyl groups is 1. The first-order chi connectivity index (χ1) is 7.61. The minimum Gasteiger partial charge on any atom is -0.388 e. The van der Waals surface area contributed by atoms with E-state index in [4.69, 9.17) is 0 Å². The van der Waals surface area contributed by atoms with Crippen LogP contribution in [0.2, 0.25) is 0 Å². The lowest BCUT2D eigenvalue weighted by Gasteiger charge is -2.18. The molecule has 16 heavy (non-hydrogen) atoms. The fourth-order valence-electron chi connectivity index (χ4n) is 2.30. The quantitative estimate of drug-likeness (QED) is 0.772. The van der Waals surface area contributed by atoms with Crippen molar-refractivity contribution < 1.29 is 18.3 Å². The molecule has 1 unspecified atom stereocenters. The summed E-state index contributed by atoms with van der Waals surface area (Å²) in [5.41, 5.74) is -0.134. The van der Waals surface area contributed by atoms with E-state index in [-0.39, 0.29) is 11.5 Å². The highest BCUT2D eigenvalue weighted by Crippen LogP contribution is 2.36. The Morgan fingerprint density at radius 1 is 1.06 bits per heavy atom. The molecule has 0 amide bonds. The van der Waals surface area contributed by atoms with Crippen molar-refractivity contribution in [2.75, 3.05) is 0 Å². The standard InChI is InChI=1S/C12H13F3O/c13-9-6-5-8(10(14)11(9)15)12(16)7-3-1-2-4-7/h5-7,12,16H,1-4H2. The fourth-order valence-corrected chi connectivity index (χ4v) is 2.30. The van der Waals surface area contributed by atoms with Gasteiger partial charge in [-0.3, -0.25) is 0 Å². The Balaban J connectivity index is 2.29. The number of rotatable bonds is 2. The fraction of sp³-hybridized carbons (Fsp3) is 0.500. The van der Waals surface area contributed by atoms with Gasteiger partial charge in [-0.1, -0.05) is 18.9 Å². The predicted molar refractivity (Wildman–Crippen MR) is 53.2 cm³/mol. The molecule has 0 spiro atoms. The van der Waals surface area contributed by atoms with Gasteiger partial charge in [-0.15, -0.1) is 0 Å². The summed E-state index contributed by atoms with van der Waals surface area (Å²) in [6.07, 6.45) is 2.57. The third-order valence-electron chi connectivity index (χ3n) is 3.23. The molecule has 1 atom stereocenters. The van der Waals surface area contributed by atoms with Crippen LogP contribution in [0.1, 0.15) is 37.4 Å². The molecule has 2 rings (SSSR count). The molecule has 1 aliphatic rings. The molecule has 1 aromatic carbocycles. The Bertz CT molecular complexity index is 386. The summed E-state index contributed by atoms with van der Waals surface area (Å²) in [6, 6.07) is 1.97. The largest absolute Gasteiger partial charge is 0.388 e. The molecule has 88 valence electrons. The second kappa shape index (κ2) is 4.45. The zero-order valence-electron chi connectivity index (χ0n) is 8.72. The molecule has 1 saturated carbocycles. The smallest absolute Gasteiger partial charge is 0.194 e. The van der Waals surface area contributed by atoms with Gasteiger partial charge < -0.3 is 5.11 Å². The highest BCUT2D eigenvalue weighted by molar-refractivity contribution is 5.23. The Hall–Kier alpha value is -1.03. The summed E-state index contributed by atoms with van der Waals surface area (Å²) in [6.45, 7) is 0. The molecule has 4 heteroatoms. The Morgan fingerprint density at radius 3 is 2.31 bits per heavy atom. The predicted octanol–water partition coefficient (Wildman–Crippen LogP) is 3.33. The van der Waals surface area contributed by atoms with Crippen molar-refractivity contribution in [2.24, 2.45) is 5.92 Å². The number of aliphatic hydroxyl groups excluding tert-OH is 1. The molecule has 1 fully saturated rings. The summed E-state index contributed by atoms with van der Waals surface area (Å²) in [5.74, 6) is -4.03. The molecule has 0 bridgehead atoms. The van der Waals surface area contributed by atoms with Gasteiger partial charge in [0.25, 0.3) is 0 Å². The van der Waals surface area contributed by atoms with Crippen LogP contribution >= 0.6 is 0 Å². The average Bonchev–Trinajstić information content (AvgIpc) is 2.79. The SMILES string of the molecule is OC(c1ccc(F)c(F)c1F)C1CCCC1. The summed E-state index contributed by atoms with van der Waals surface area (Å²) in [4.78, 5) is 0. The lowest BCUT2D eigenvalue weighted by Crippen LogP contribution is -2.12. The van der Waals surface area contributed by atoms with Crippen molar-refractivity contribution in [3.8, 4) is 0 Å². The normalized spacial score (nSPS) is 19.0. The maximum atomic E-state index is 13.4. The van der Waals surface area contributed by atoms with E-state index >= 15 is 0 Å². The zero-order valence-corrected chi connectivity index (χ0v) is 8.72. The van der Waals surface area contributed by atoms with Crippen LogP contribution < -0.4 is 0 Å². The topological polar surface area (TPSA) is 20.2 Å². The molecule has 0 heterocycles. The van der Waals surface area contributed by atoms with Crippen LogP contribution in [0.15, 0.2) is 12.1 Å². The molecule has 0 aromatic heterocycles. The Morgan fingerprint density at radius 2 is 1.69 bits per heavy atom. The first-order valence-electron chi connectivity index (χ1n) is 5.42. The summed E-state index contributed by atoms with van der Waals surface area (Å²) < 4.78 is 39.1. The van der Waals surface area contributed by atoms with Crippen molar-refractivity contribution in [3.63, 3.8) is 0 Å². The van der Waals surface area contributed by atoms with Crippen molar-refractivity contribution in [1.82, 2.24) is 0 Å². The van der Waals surface area contributed by atoms with Gasteiger partial charge in [-0.2, -0.15) is 0 Å². The van der Waals surface area contributed by atoms with Gasteiger partial charge in [-0.05, 0) is 24.8 Å². The zero-order chi connectivity index (χ0) is 11.7. The molecule has 1 nitrogen and oxygen atoms in total. The number of hydrogen-bond acceptors (Lipinski definition) is 1. The third-order valence-corrected chi connectivity index (χ3v) is 3.23. The minimum atomic E-state index is -1.51. The van der Waals surface area contributed by atoms with E-state index in [1.165, 1.54) is 0 Å². The van der Waals surface area contributed by atoms with E-state index in [1.807, 2.05) is 0 Å². The highest BCUT2D eigenvalue weighted by atomic mass is 19.2. The van der Waals surface area contributed by atoms with Gasteiger partial charge in [0, 0.05) is 5.56 Å². The van der Waals surface area contributed by atoms with Gasteiger partial charge in [0.15, 0.2) is 17.5 Å². The van der Waals surface area contributed by atoms with Gasteiger partial charge in [0.2, 0.25) is 0 Å². The van der Waals surface area contributed by atoms with E-state index in [0.717, 1.165) is 37.8 Å².